The molecule has 0 amide bonds. The summed E-state index contributed by atoms with van der Waals surface area (Å²) in [6, 6.07) is 0. The van der Waals surface area contributed by atoms with Crippen LogP contribution in [0.25, 0.3) is 0 Å². The summed E-state index contributed by atoms with van der Waals surface area (Å²) in [5.74, 6) is 0.396. The summed E-state index contributed by atoms with van der Waals surface area (Å²) in [6.07, 6.45) is 4.10. The van der Waals surface area contributed by atoms with E-state index in [0.29, 0.717) is 4.88 Å². The van der Waals surface area contributed by atoms with Crippen LogP contribution in [0.15, 0.2) is 6.20 Å². The van der Waals surface area contributed by atoms with Gasteiger partial charge < -0.3 is 10.1 Å². The average Bonchev–Trinajstić information content (AvgIpc) is 3.00. The van der Waals surface area contributed by atoms with Gasteiger partial charge in [-0.3, -0.25) is 0 Å². The SMILES string of the molecule is COC(=O)c1cnc(NC(C)(C)C2CC2)s1. The van der Waals surface area contributed by atoms with Crippen molar-refractivity contribution < 1.29 is 9.53 Å². The fourth-order valence-electron chi connectivity index (χ4n) is 1.71. The zero-order valence-electron chi connectivity index (χ0n) is 9.74. The van der Waals surface area contributed by atoms with Gasteiger partial charge in [0.05, 0.1) is 13.3 Å². The highest BCUT2D eigenvalue weighted by Crippen LogP contribution is 2.41. The Hall–Kier alpha value is -1.10. The van der Waals surface area contributed by atoms with Crippen molar-refractivity contribution in [1.82, 2.24) is 4.98 Å². The van der Waals surface area contributed by atoms with Crippen molar-refractivity contribution in [1.29, 1.82) is 0 Å². The van der Waals surface area contributed by atoms with E-state index in [-0.39, 0.29) is 11.5 Å². The number of carbonyl (C=O) groups is 1. The number of aromatic nitrogens is 1. The summed E-state index contributed by atoms with van der Waals surface area (Å²) in [6.45, 7) is 4.34. The van der Waals surface area contributed by atoms with Crippen LogP contribution in [-0.2, 0) is 4.74 Å². The van der Waals surface area contributed by atoms with Gasteiger partial charge in [-0.05, 0) is 32.6 Å². The predicted octanol–water partition coefficient (Wildman–Crippen LogP) is 2.53. The van der Waals surface area contributed by atoms with Gasteiger partial charge >= 0.3 is 5.97 Å². The molecule has 0 bridgehead atoms. The van der Waals surface area contributed by atoms with E-state index in [1.54, 1.807) is 6.20 Å². The van der Waals surface area contributed by atoms with Crippen LogP contribution in [-0.4, -0.2) is 23.6 Å². The molecule has 0 spiro atoms. The molecule has 16 heavy (non-hydrogen) atoms. The normalized spacial score (nSPS) is 15.9. The molecule has 1 aliphatic rings. The topological polar surface area (TPSA) is 51.2 Å². The Morgan fingerprint density at radius 2 is 2.31 bits per heavy atom. The summed E-state index contributed by atoms with van der Waals surface area (Å²) in [5.41, 5.74) is 0.0608. The predicted molar refractivity (Wildman–Crippen MR) is 63.9 cm³/mol. The monoisotopic (exact) mass is 240 g/mol. The largest absolute Gasteiger partial charge is 0.465 e. The van der Waals surface area contributed by atoms with Gasteiger partial charge in [-0.15, -0.1) is 0 Å². The second-order valence-electron chi connectivity index (χ2n) is 4.64. The van der Waals surface area contributed by atoms with Crippen LogP contribution in [0.1, 0.15) is 36.4 Å². The standard InChI is InChI=1S/C11H16N2O2S/c1-11(2,7-4-5-7)13-10-12-6-8(16-10)9(14)15-3/h6-7H,4-5H2,1-3H3,(H,12,13). The lowest BCUT2D eigenvalue weighted by Crippen LogP contribution is -2.33. The Morgan fingerprint density at radius 1 is 1.62 bits per heavy atom. The highest BCUT2D eigenvalue weighted by Gasteiger charge is 2.38. The second kappa shape index (κ2) is 4.05. The Morgan fingerprint density at radius 3 is 2.88 bits per heavy atom. The molecule has 88 valence electrons. The number of carbonyl (C=O) groups excluding carboxylic acids is 1. The molecule has 5 heteroatoms. The van der Waals surface area contributed by atoms with E-state index in [9.17, 15) is 4.79 Å². The first-order chi connectivity index (χ1) is 7.53. The van der Waals surface area contributed by atoms with Crippen molar-refractivity contribution in [2.75, 3.05) is 12.4 Å². The molecule has 1 aromatic rings. The Kier molecular flexibility index (Phi) is 2.88. The Labute approximate surface area is 99.0 Å². The molecule has 1 saturated carbocycles. The van der Waals surface area contributed by atoms with Crippen LogP contribution >= 0.6 is 11.3 Å². The second-order valence-corrected chi connectivity index (χ2v) is 5.67. The smallest absolute Gasteiger partial charge is 0.349 e. The first-order valence-electron chi connectivity index (χ1n) is 5.35. The molecule has 0 saturated heterocycles. The van der Waals surface area contributed by atoms with Crippen molar-refractivity contribution in [3.8, 4) is 0 Å². The van der Waals surface area contributed by atoms with Crippen LogP contribution in [0.2, 0.25) is 0 Å². The number of methoxy groups -OCH3 is 1. The molecule has 1 aromatic heterocycles. The minimum absolute atomic E-state index is 0.0608. The Balaban J connectivity index is 2.04. The molecule has 2 rings (SSSR count). The maximum absolute atomic E-state index is 11.3. The zero-order chi connectivity index (χ0) is 11.8. The average molecular weight is 240 g/mol. The molecule has 0 radical (unpaired) electrons. The van der Waals surface area contributed by atoms with Gasteiger partial charge in [0.2, 0.25) is 0 Å². The van der Waals surface area contributed by atoms with Gasteiger partial charge in [0.15, 0.2) is 5.13 Å². The maximum atomic E-state index is 11.3. The number of esters is 1. The summed E-state index contributed by atoms with van der Waals surface area (Å²) < 4.78 is 4.64. The van der Waals surface area contributed by atoms with Crippen molar-refractivity contribution in [2.45, 2.75) is 32.2 Å². The molecule has 0 aromatic carbocycles. The molecule has 1 fully saturated rings. The van der Waals surface area contributed by atoms with Crippen LogP contribution in [0.3, 0.4) is 0 Å². The number of hydrogen-bond donors (Lipinski definition) is 1. The zero-order valence-corrected chi connectivity index (χ0v) is 10.6. The Bertz CT molecular complexity index is 396. The van der Waals surface area contributed by atoms with Crippen LogP contribution in [0.4, 0.5) is 5.13 Å². The maximum Gasteiger partial charge on any atom is 0.349 e. The number of thiazole rings is 1. The van der Waals surface area contributed by atoms with Crippen molar-refractivity contribution in [3.63, 3.8) is 0 Å². The van der Waals surface area contributed by atoms with Gasteiger partial charge in [-0.1, -0.05) is 11.3 Å². The summed E-state index contributed by atoms with van der Waals surface area (Å²) in [5, 5.41) is 4.17. The minimum atomic E-state index is -0.324. The van der Waals surface area contributed by atoms with Gasteiger partial charge in [0, 0.05) is 5.54 Å². The number of ether oxygens (including phenoxy) is 1. The molecule has 0 unspecified atom stereocenters. The van der Waals surface area contributed by atoms with E-state index >= 15 is 0 Å². The van der Waals surface area contributed by atoms with E-state index in [0.717, 1.165) is 11.0 Å². The van der Waals surface area contributed by atoms with Crippen molar-refractivity contribution >= 4 is 22.4 Å². The molecule has 0 atom stereocenters. The third kappa shape index (κ3) is 2.35. The van der Waals surface area contributed by atoms with Gasteiger partial charge in [-0.2, -0.15) is 0 Å². The molecule has 0 aliphatic heterocycles. The van der Waals surface area contributed by atoms with Crippen molar-refractivity contribution in [2.24, 2.45) is 5.92 Å². The van der Waals surface area contributed by atoms with Gasteiger partial charge in [0.1, 0.15) is 4.88 Å². The minimum Gasteiger partial charge on any atom is -0.465 e. The van der Waals surface area contributed by atoms with Gasteiger partial charge in [-0.25, -0.2) is 9.78 Å². The number of nitrogens with zero attached hydrogens (tertiary/aromatic N) is 1. The quantitative estimate of drug-likeness (QED) is 0.822. The summed E-state index contributed by atoms with van der Waals surface area (Å²) in [4.78, 5) is 16.0. The van der Waals surface area contributed by atoms with E-state index in [4.69, 9.17) is 0 Å². The molecule has 1 N–H and O–H groups in total. The third-order valence-electron chi connectivity index (χ3n) is 2.92. The van der Waals surface area contributed by atoms with Crippen LogP contribution in [0.5, 0.6) is 0 Å². The highest BCUT2D eigenvalue weighted by molar-refractivity contribution is 7.17. The van der Waals surface area contributed by atoms with E-state index in [1.807, 2.05) is 0 Å². The summed E-state index contributed by atoms with van der Waals surface area (Å²) in [7, 11) is 1.38. The molecule has 1 aliphatic carbocycles. The first kappa shape index (κ1) is 11.4. The molecule has 1 heterocycles. The fraction of sp³-hybridized carbons (Fsp3) is 0.636. The van der Waals surface area contributed by atoms with E-state index in [2.05, 4.69) is 28.9 Å². The lowest BCUT2D eigenvalue weighted by atomic mass is 9.99. The number of nitrogens with one attached hydrogen (secondary N) is 1. The first-order valence-corrected chi connectivity index (χ1v) is 6.17. The van der Waals surface area contributed by atoms with Crippen LogP contribution in [0, 0.1) is 5.92 Å². The van der Waals surface area contributed by atoms with Crippen LogP contribution < -0.4 is 5.32 Å². The highest BCUT2D eigenvalue weighted by atomic mass is 32.1. The number of rotatable bonds is 4. The molecular weight excluding hydrogens is 224 g/mol. The van der Waals surface area contributed by atoms with Gasteiger partial charge in [0.25, 0.3) is 0 Å². The van der Waals surface area contributed by atoms with Crippen molar-refractivity contribution in [3.05, 3.63) is 11.1 Å². The molecule has 4 nitrogen and oxygen atoms in total. The fourth-order valence-corrected chi connectivity index (χ4v) is 2.61. The van der Waals surface area contributed by atoms with E-state index in [1.165, 1.54) is 31.3 Å². The third-order valence-corrected chi connectivity index (χ3v) is 3.81. The lowest BCUT2D eigenvalue weighted by molar-refractivity contribution is 0.0606. The lowest BCUT2D eigenvalue weighted by Gasteiger charge is -2.25. The molecular formula is C11H16N2O2S. The van der Waals surface area contributed by atoms with E-state index < -0.39 is 0 Å². The number of hydrogen-bond acceptors (Lipinski definition) is 5. The number of anilines is 1. The summed E-state index contributed by atoms with van der Waals surface area (Å²) >= 11 is 1.34.